The van der Waals surface area contributed by atoms with Gasteiger partial charge in [0, 0.05) is 22.0 Å². The van der Waals surface area contributed by atoms with Crippen LogP contribution in [0.25, 0.3) is 10.9 Å². The average molecular weight is 284 g/mol. The van der Waals surface area contributed by atoms with Gasteiger partial charge in [0.05, 0.1) is 16.8 Å². The van der Waals surface area contributed by atoms with Crippen molar-refractivity contribution in [1.82, 2.24) is 9.97 Å². The number of nitrogens with one attached hydrogen (secondary N) is 1. The van der Waals surface area contributed by atoms with Crippen LogP contribution in [0.1, 0.15) is 25.1 Å². The molecule has 1 aromatic carbocycles. The van der Waals surface area contributed by atoms with Crippen molar-refractivity contribution in [3.8, 4) is 0 Å². The zero-order valence-corrected chi connectivity index (χ0v) is 12.0. The number of H-pyrrole nitrogens is 1. The number of benzene rings is 1. The number of aromatic nitrogens is 2. The van der Waals surface area contributed by atoms with Gasteiger partial charge >= 0.3 is 0 Å². The van der Waals surface area contributed by atoms with Gasteiger partial charge in [-0.3, -0.25) is 4.98 Å². The van der Waals surface area contributed by atoms with Gasteiger partial charge in [0.15, 0.2) is 0 Å². The van der Waals surface area contributed by atoms with Crippen molar-refractivity contribution in [2.75, 3.05) is 0 Å². The Morgan fingerprint density at radius 2 is 2.10 bits per heavy atom. The van der Waals surface area contributed by atoms with Gasteiger partial charge in [0.25, 0.3) is 0 Å². The molecule has 1 atom stereocenters. The highest BCUT2D eigenvalue weighted by atomic mass is 32.2. The van der Waals surface area contributed by atoms with Crippen molar-refractivity contribution in [2.24, 2.45) is 0 Å². The van der Waals surface area contributed by atoms with Gasteiger partial charge in [-0.2, -0.15) is 0 Å². The van der Waals surface area contributed by atoms with E-state index in [1.54, 1.807) is 11.8 Å². The second kappa shape index (κ2) is 5.69. The molecule has 2 heterocycles. The fourth-order valence-corrected chi connectivity index (χ4v) is 2.93. The largest absolute Gasteiger partial charge is 0.387 e. The Hall–Kier alpha value is -1.78. The van der Waals surface area contributed by atoms with Crippen LogP contribution in [0.15, 0.2) is 58.6 Å². The van der Waals surface area contributed by atoms with Gasteiger partial charge in [0.1, 0.15) is 0 Å². The second-order valence-corrected chi connectivity index (χ2v) is 5.78. The summed E-state index contributed by atoms with van der Waals surface area (Å²) in [5.41, 5.74) is 1.87. The lowest BCUT2D eigenvalue weighted by Crippen LogP contribution is -1.97. The lowest BCUT2D eigenvalue weighted by Gasteiger charge is -2.07. The van der Waals surface area contributed by atoms with E-state index in [0.717, 1.165) is 21.1 Å². The van der Waals surface area contributed by atoms with Crippen molar-refractivity contribution >= 4 is 22.7 Å². The summed E-state index contributed by atoms with van der Waals surface area (Å²) in [5, 5.41) is 12.0. The summed E-state index contributed by atoms with van der Waals surface area (Å²) < 4.78 is 0. The van der Waals surface area contributed by atoms with Gasteiger partial charge in [-0.15, -0.1) is 0 Å². The topological polar surface area (TPSA) is 48.9 Å². The van der Waals surface area contributed by atoms with E-state index in [4.69, 9.17) is 0 Å². The predicted octanol–water partition coefficient (Wildman–Crippen LogP) is 4.16. The number of aliphatic hydroxyl groups is 1. The van der Waals surface area contributed by atoms with Crippen LogP contribution in [0, 0.1) is 0 Å². The summed E-state index contributed by atoms with van der Waals surface area (Å²) in [6.45, 7) is 1.94. The first-order valence-electron chi connectivity index (χ1n) is 6.66. The highest BCUT2D eigenvalue weighted by molar-refractivity contribution is 7.99. The molecule has 0 amide bonds. The van der Waals surface area contributed by atoms with E-state index in [-0.39, 0.29) is 0 Å². The summed E-state index contributed by atoms with van der Waals surface area (Å²) in [4.78, 5) is 8.75. The minimum Gasteiger partial charge on any atom is -0.387 e. The first-order valence-corrected chi connectivity index (χ1v) is 7.47. The molecule has 0 spiro atoms. The number of pyridine rings is 1. The summed E-state index contributed by atoms with van der Waals surface area (Å²) in [6.07, 6.45) is 2.02. The number of aromatic amines is 1. The molecular formula is C16H16N2OS. The minimum atomic E-state index is -0.470. The predicted molar refractivity (Wildman–Crippen MR) is 81.9 cm³/mol. The van der Waals surface area contributed by atoms with Crippen LogP contribution < -0.4 is 0 Å². The van der Waals surface area contributed by atoms with Crippen molar-refractivity contribution in [3.05, 3.63) is 54.4 Å². The molecule has 3 aromatic rings. The monoisotopic (exact) mass is 284 g/mol. The maximum Gasteiger partial charge on any atom is 0.0957 e. The molecule has 4 heteroatoms. The zero-order valence-electron chi connectivity index (χ0n) is 11.2. The lowest BCUT2D eigenvalue weighted by atomic mass is 10.2. The molecule has 20 heavy (non-hydrogen) atoms. The zero-order chi connectivity index (χ0) is 13.9. The Balaban J connectivity index is 1.80. The fourth-order valence-electron chi connectivity index (χ4n) is 2.09. The maximum absolute atomic E-state index is 9.73. The van der Waals surface area contributed by atoms with Crippen LogP contribution >= 0.6 is 11.8 Å². The highest BCUT2D eigenvalue weighted by Gasteiger charge is 2.07. The van der Waals surface area contributed by atoms with Crippen molar-refractivity contribution in [1.29, 1.82) is 0 Å². The quantitative estimate of drug-likeness (QED) is 0.756. The van der Waals surface area contributed by atoms with Crippen LogP contribution in [-0.4, -0.2) is 15.1 Å². The third kappa shape index (κ3) is 2.71. The Bertz CT molecular complexity index is 673. The van der Waals surface area contributed by atoms with Crippen molar-refractivity contribution < 1.29 is 5.11 Å². The number of fused-ring (bicyclic) bond motifs is 1. The standard InChI is InChI=1S/C16H16N2OS/c1-2-15(19)14-8-7-12(10-17-14)20-16-9-11-5-3-4-6-13(11)18-16/h3-10,15,18-19H,2H2,1H3/t15-/m1/s1. The van der Waals surface area contributed by atoms with E-state index in [1.165, 1.54) is 5.39 Å². The molecule has 0 aliphatic rings. The van der Waals surface area contributed by atoms with Gasteiger partial charge < -0.3 is 10.1 Å². The number of para-hydroxylation sites is 1. The molecule has 3 nitrogen and oxygen atoms in total. The molecule has 2 N–H and O–H groups in total. The molecule has 0 unspecified atom stereocenters. The molecule has 0 saturated carbocycles. The van der Waals surface area contributed by atoms with Crippen LogP contribution in [0.3, 0.4) is 0 Å². The van der Waals surface area contributed by atoms with E-state index in [1.807, 2.05) is 37.4 Å². The minimum absolute atomic E-state index is 0.470. The first kappa shape index (κ1) is 13.2. The Kier molecular flexibility index (Phi) is 3.76. The molecule has 0 fully saturated rings. The van der Waals surface area contributed by atoms with E-state index in [0.29, 0.717) is 6.42 Å². The molecule has 0 bridgehead atoms. The molecule has 102 valence electrons. The average Bonchev–Trinajstić information content (AvgIpc) is 2.89. The third-order valence-electron chi connectivity index (χ3n) is 3.22. The van der Waals surface area contributed by atoms with E-state index in [2.05, 4.69) is 28.2 Å². The smallest absolute Gasteiger partial charge is 0.0957 e. The molecule has 0 radical (unpaired) electrons. The maximum atomic E-state index is 9.73. The van der Waals surface area contributed by atoms with Crippen molar-refractivity contribution in [3.63, 3.8) is 0 Å². The molecule has 0 saturated heterocycles. The SMILES string of the molecule is CC[C@@H](O)c1ccc(Sc2cc3ccccc3[nH]2)cn1. The molecule has 3 rings (SSSR count). The lowest BCUT2D eigenvalue weighted by molar-refractivity contribution is 0.169. The Morgan fingerprint density at radius 3 is 2.80 bits per heavy atom. The fraction of sp³-hybridized carbons (Fsp3) is 0.188. The van der Waals surface area contributed by atoms with E-state index >= 15 is 0 Å². The molecule has 0 aliphatic heterocycles. The van der Waals surface area contributed by atoms with E-state index < -0.39 is 6.10 Å². The number of nitrogens with zero attached hydrogens (tertiary/aromatic N) is 1. The number of hydrogen-bond donors (Lipinski definition) is 2. The summed E-state index contributed by atoms with van der Waals surface area (Å²) in [7, 11) is 0. The summed E-state index contributed by atoms with van der Waals surface area (Å²) in [6, 6.07) is 14.2. The molecule has 0 aliphatic carbocycles. The summed E-state index contributed by atoms with van der Waals surface area (Å²) >= 11 is 1.64. The van der Waals surface area contributed by atoms with Crippen molar-refractivity contribution in [2.45, 2.75) is 29.4 Å². The van der Waals surface area contributed by atoms with Gasteiger partial charge in [-0.25, -0.2) is 0 Å². The van der Waals surface area contributed by atoms with Crippen LogP contribution in [0.2, 0.25) is 0 Å². The Labute approximate surface area is 122 Å². The van der Waals surface area contributed by atoms with Crippen LogP contribution in [-0.2, 0) is 0 Å². The number of hydrogen-bond acceptors (Lipinski definition) is 3. The third-order valence-corrected chi connectivity index (χ3v) is 4.14. The highest BCUT2D eigenvalue weighted by Crippen LogP contribution is 2.29. The van der Waals surface area contributed by atoms with Gasteiger partial charge in [-0.05, 0) is 30.7 Å². The molecule has 2 aromatic heterocycles. The van der Waals surface area contributed by atoms with Crippen LogP contribution in [0.5, 0.6) is 0 Å². The number of rotatable bonds is 4. The normalized spacial score (nSPS) is 12.7. The molecular weight excluding hydrogens is 268 g/mol. The Morgan fingerprint density at radius 1 is 1.25 bits per heavy atom. The van der Waals surface area contributed by atoms with Gasteiger partial charge in [-0.1, -0.05) is 36.9 Å². The van der Waals surface area contributed by atoms with Gasteiger partial charge in [0.2, 0.25) is 0 Å². The first-order chi connectivity index (χ1) is 9.76. The second-order valence-electron chi connectivity index (χ2n) is 4.67. The van der Waals surface area contributed by atoms with E-state index in [9.17, 15) is 5.11 Å². The summed E-state index contributed by atoms with van der Waals surface area (Å²) in [5.74, 6) is 0. The number of aliphatic hydroxyl groups excluding tert-OH is 1. The van der Waals surface area contributed by atoms with Crippen LogP contribution in [0.4, 0.5) is 0 Å².